The number of nitrogens with one attached hydrogen (secondary N) is 1. The fourth-order valence-electron chi connectivity index (χ4n) is 4.57. The lowest BCUT2D eigenvalue weighted by molar-refractivity contribution is 0.222. The average molecular weight is 422 g/mol. The zero-order valence-electron chi connectivity index (χ0n) is 17.8. The molecule has 0 fully saturated rings. The number of anilines is 1. The molecule has 3 heterocycles. The summed E-state index contributed by atoms with van der Waals surface area (Å²) in [5.74, 6) is 2.35. The number of aryl methyl sites for hydroxylation is 1. The van der Waals surface area contributed by atoms with Gasteiger partial charge in [0.05, 0.1) is 12.8 Å². The summed E-state index contributed by atoms with van der Waals surface area (Å²) in [6.07, 6.45) is 1.28. The Morgan fingerprint density at radius 1 is 0.969 bits per heavy atom. The number of hydrogen-bond acceptors (Lipinski definition) is 5. The summed E-state index contributed by atoms with van der Waals surface area (Å²) in [4.78, 5) is 4.48. The molecule has 0 aliphatic carbocycles. The SMILES string of the molecule is COc1cccc([C@H]2Oc3ccccc3C3=C2[C@H](c2ccc(C)cc2)n2ncnc2N3)c1. The molecule has 6 rings (SSSR count). The van der Waals surface area contributed by atoms with Crippen LogP contribution in [0.5, 0.6) is 11.5 Å². The second-order valence-electron chi connectivity index (χ2n) is 8.07. The van der Waals surface area contributed by atoms with E-state index in [9.17, 15) is 0 Å². The van der Waals surface area contributed by atoms with E-state index in [-0.39, 0.29) is 12.1 Å². The predicted octanol–water partition coefficient (Wildman–Crippen LogP) is 5.16. The molecule has 0 saturated carbocycles. The first-order valence-corrected chi connectivity index (χ1v) is 10.6. The smallest absolute Gasteiger partial charge is 0.226 e. The van der Waals surface area contributed by atoms with Crippen LogP contribution < -0.4 is 14.8 Å². The van der Waals surface area contributed by atoms with Gasteiger partial charge < -0.3 is 14.8 Å². The van der Waals surface area contributed by atoms with E-state index in [2.05, 4.69) is 58.7 Å². The molecule has 2 aliphatic heterocycles. The number of benzene rings is 3. The molecule has 1 aromatic heterocycles. The monoisotopic (exact) mass is 422 g/mol. The van der Waals surface area contributed by atoms with E-state index in [1.54, 1.807) is 13.4 Å². The van der Waals surface area contributed by atoms with Gasteiger partial charge in [-0.05, 0) is 36.8 Å². The minimum atomic E-state index is -0.314. The first kappa shape index (κ1) is 18.7. The second-order valence-corrected chi connectivity index (χ2v) is 8.07. The van der Waals surface area contributed by atoms with Gasteiger partial charge in [0.1, 0.15) is 30.0 Å². The van der Waals surface area contributed by atoms with E-state index < -0.39 is 0 Å². The van der Waals surface area contributed by atoms with Gasteiger partial charge in [0, 0.05) is 16.7 Å². The van der Waals surface area contributed by atoms with Gasteiger partial charge in [0.15, 0.2) is 0 Å². The topological polar surface area (TPSA) is 61.2 Å². The molecule has 1 N–H and O–H groups in total. The predicted molar refractivity (Wildman–Crippen MR) is 123 cm³/mol. The maximum atomic E-state index is 6.64. The van der Waals surface area contributed by atoms with Crippen molar-refractivity contribution in [3.63, 3.8) is 0 Å². The maximum absolute atomic E-state index is 6.64. The van der Waals surface area contributed by atoms with Crippen molar-refractivity contribution in [3.8, 4) is 11.5 Å². The van der Waals surface area contributed by atoms with Crippen LogP contribution >= 0.6 is 0 Å². The Hall–Kier alpha value is -4.06. The summed E-state index contributed by atoms with van der Waals surface area (Å²) in [5, 5.41) is 8.11. The lowest BCUT2D eigenvalue weighted by atomic mass is 9.84. The normalized spacial score (nSPS) is 18.7. The number of hydrogen-bond donors (Lipinski definition) is 1. The van der Waals surface area contributed by atoms with Gasteiger partial charge in [-0.1, -0.05) is 54.1 Å². The van der Waals surface area contributed by atoms with E-state index in [4.69, 9.17) is 9.47 Å². The number of fused-ring (bicyclic) bond motifs is 3. The largest absolute Gasteiger partial charge is 0.497 e. The highest BCUT2D eigenvalue weighted by molar-refractivity contribution is 5.85. The number of para-hydroxylation sites is 1. The molecule has 6 heteroatoms. The standard InChI is InChI=1S/C26H22N4O2/c1-16-10-12-17(13-11-16)24-22-23(29-26-27-15-28-30(24)26)20-8-3-4-9-21(20)32-25(22)18-6-5-7-19(14-18)31-2/h3-15,24-25H,1-2H3,(H,27,28,29)/t24-,25+/m0/s1. The number of aromatic nitrogens is 3. The van der Waals surface area contributed by atoms with Crippen LogP contribution in [-0.4, -0.2) is 21.9 Å². The minimum absolute atomic E-state index is 0.158. The fourth-order valence-corrected chi connectivity index (χ4v) is 4.57. The molecule has 6 nitrogen and oxygen atoms in total. The molecule has 2 atom stereocenters. The van der Waals surface area contributed by atoms with E-state index in [1.807, 2.05) is 41.1 Å². The molecular formula is C26H22N4O2. The molecule has 0 amide bonds. The maximum Gasteiger partial charge on any atom is 0.226 e. The zero-order valence-corrected chi connectivity index (χ0v) is 17.8. The number of methoxy groups -OCH3 is 1. The molecule has 32 heavy (non-hydrogen) atoms. The van der Waals surface area contributed by atoms with Gasteiger partial charge in [0.2, 0.25) is 5.95 Å². The Bertz CT molecular complexity index is 1340. The summed E-state index contributed by atoms with van der Waals surface area (Å²) >= 11 is 0. The zero-order chi connectivity index (χ0) is 21.7. The second kappa shape index (κ2) is 7.27. The van der Waals surface area contributed by atoms with E-state index in [0.29, 0.717) is 0 Å². The highest BCUT2D eigenvalue weighted by Gasteiger charge is 2.40. The van der Waals surface area contributed by atoms with Crippen LogP contribution in [0.25, 0.3) is 5.70 Å². The third kappa shape index (κ3) is 2.87. The Labute approximate surface area is 186 Å². The van der Waals surface area contributed by atoms with Crippen molar-refractivity contribution in [2.24, 2.45) is 0 Å². The molecule has 3 aromatic carbocycles. The molecule has 0 radical (unpaired) electrons. The number of nitrogens with zero attached hydrogens (tertiary/aromatic N) is 3. The third-order valence-electron chi connectivity index (χ3n) is 6.11. The van der Waals surface area contributed by atoms with Crippen LogP contribution in [0.2, 0.25) is 0 Å². The van der Waals surface area contributed by atoms with Gasteiger partial charge in [-0.3, -0.25) is 0 Å². The molecule has 0 spiro atoms. The summed E-state index contributed by atoms with van der Waals surface area (Å²) in [6.45, 7) is 2.09. The fraction of sp³-hybridized carbons (Fsp3) is 0.154. The van der Waals surface area contributed by atoms with Crippen molar-refractivity contribution in [1.82, 2.24) is 14.8 Å². The molecular weight excluding hydrogens is 400 g/mol. The first-order valence-electron chi connectivity index (χ1n) is 10.6. The van der Waals surface area contributed by atoms with Crippen molar-refractivity contribution in [2.45, 2.75) is 19.1 Å². The molecule has 0 unspecified atom stereocenters. The van der Waals surface area contributed by atoms with Crippen LogP contribution in [0.1, 0.15) is 34.4 Å². The summed E-state index contributed by atoms with van der Waals surface area (Å²) in [5.41, 5.74) is 6.50. The van der Waals surface area contributed by atoms with Crippen LogP contribution in [-0.2, 0) is 0 Å². The Morgan fingerprint density at radius 2 is 1.81 bits per heavy atom. The van der Waals surface area contributed by atoms with Crippen molar-refractivity contribution in [2.75, 3.05) is 12.4 Å². The van der Waals surface area contributed by atoms with E-state index in [1.165, 1.54) is 5.56 Å². The van der Waals surface area contributed by atoms with E-state index >= 15 is 0 Å². The van der Waals surface area contributed by atoms with Gasteiger partial charge in [-0.15, -0.1) is 0 Å². The quantitative estimate of drug-likeness (QED) is 0.494. The summed E-state index contributed by atoms with van der Waals surface area (Å²) in [6, 6.07) is 24.6. The van der Waals surface area contributed by atoms with Crippen LogP contribution in [0.15, 0.2) is 84.7 Å². The van der Waals surface area contributed by atoms with Crippen molar-refractivity contribution in [3.05, 3.63) is 107 Å². The van der Waals surface area contributed by atoms with Gasteiger partial charge >= 0.3 is 0 Å². The minimum Gasteiger partial charge on any atom is -0.497 e. The molecule has 0 bridgehead atoms. The van der Waals surface area contributed by atoms with Crippen molar-refractivity contribution in [1.29, 1.82) is 0 Å². The Balaban J connectivity index is 1.62. The molecule has 0 saturated heterocycles. The lowest BCUT2D eigenvalue weighted by Crippen LogP contribution is -2.32. The van der Waals surface area contributed by atoms with Crippen LogP contribution in [0.3, 0.4) is 0 Å². The van der Waals surface area contributed by atoms with Gasteiger partial charge in [-0.25, -0.2) is 4.68 Å². The van der Waals surface area contributed by atoms with Crippen LogP contribution in [0, 0.1) is 6.92 Å². The Morgan fingerprint density at radius 3 is 2.66 bits per heavy atom. The Kier molecular flexibility index (Phi) is 4.24. The van der Waals surface area contributed by atoms with E-state index in [0.717, 1.165) is 45.4 Å². The highest BCUT2D eigenvalue weighted by Crippen LogP contribution is 2.50. The molecule has 2 aliphatic rings. The third-order valence-corrected chi connectivity index (χ3v) is 6.11. The lowest BCUT2D eigenvalue weighted by Gasteiger charge is -2.39. The van der Waals surface area contributed by atoms with Crippen molar-refractivity contribution >= 4 is 11.6 Å². The van der Waals surface area contributed by atoms with Crippen LogP contribution in [0.4, 0.5) is 5.95 Å². The average Bonchev–Trinajstić information content (AvgIpc) is 3.31. The first-order chi connectivity index (χ1) is 15.7. The van der Waals surface area contributed by atoms with Crippen molar-refractivity contribution < 1.29 is 9.47 Å². The van der Waals surface area contributed by atoms with Gasteiger partial charge in [-0.2, -0.15) is 10.1 Å². The van der Waals surface area contributed by atoms with Gasteiger partial charge in [0.25, 0.3) is 0 Å². The molecule has 4 aromatic rings. The number of rotatable bonds is 3. The highest BCUT2D eigenvalue weighted by atomic mass is 16.5. The summed E-state index contributed by atoms with van der Waals surface area (Å²) < 4.78 is 14.1. The molecule has 158 valence electrons. The summed E-state index contributed by atoms with van der Waals surface area (Å²) in [7, 11) is 1.68. The number of ether oxygens (including phenoxy) is 2.